The molecule has 2 aromatic carbocycles. The largest absolute Gasteiger partial charge is 0.322 e. The molecule has 0 bridgehead atoms. The minimum Gasteiger partial charge on any atom is -0.322 e. The maximum Gasteiger partial charge on any atom is 0.264 e. The topological polar surface area (TPSA) is 101 Å². The van der Waals surface area contributed by atoms with Crippen LogP contribution < -0.4 is 10.9 Å². The molecule has 0 aliphatic carbocycles. The number of hydrogen-bond acceptors (Lipinski definition) is 6. The van der Waals surface area contributed by atoms with E-state index < -0.39 is 11.5 Å². The Hall–Kier alpha value is -4.14. The predicted molar refractivity (Wildman–Crippen MR) is 134 cm³/mol. The molecule has 5 aromatic rings. The van der Waals surface area contributed by atoms with E-state index in [-0.39, 0.29) is 5.56 Å². The molecule has 0 aliphatic rings. The smallest absolute Gasteiger partial charge is 0.264 e. The van der Waals surface area contributed by atoms with Gasteiger partial charge in [0.2, 0.25) is 0 Å². The summed E-state index contributed by atoms with van der Waals surface area (Å²) in [6, 6.07) is 18.0. The molecule has 9 heteroatoms. The Bertz CT molecular complexity index is 1530. The van der Waals surface area contributed by atoms with Gasteiger partial charge in [-0.15, -0.1) is 11.3 Å². The van der Waals surface area contributed by atoms with Crippen LogP contribution in [0.15, 0.2) is 89.4 Å². The molecule has 0 unspecified atom stereocenters. The van der Waals surface area contributed by atoms with Crippen LogP contribution in [0, 0.1) is 0 Å². The summed E-state index contributed by atoms with van der Waals surface area (Å²) in [7, 11) is 0. The number of aromatic amines is 1. The van der Waals surface area contributed by atoms with Crippen LogP contribution in [0.4, 0.5) is 5.69 Å². The number of pyridine rings is 1. The van der Waals surface area contributed by atoms with Gasteiger partial charge in [-0.2, -0.15) is 0 Å². The lowest BCUT2D eigenvalue weighted by Crippen LogP contribution is -2.24. The van der Waals surface area contributed by atoms with E-state index in [0.717, 1.165) is 21.8 Å². The molecule has 0 atom stereocenters. The molecule has 2 N–H and O–H groups in total. The van der Waals surface area contributed by atoms with Crippen LogP contribution in [0.25, 0.3) is 33.2 Å². The second-order valence-corrected chi connectivity index (χ2v) is 8.58. The molecule has 0 fully saturated rings. The number of thiazole rings is 1. The maximum atomic E-state index is 12.8. The van der Waals surface area contributed by atoms with Gasteiger partial charge < -0.3 is 10.3 Å². The molecule has 3 aromatic heterocycles. The summed E-state index contributed by atoms with van der Waals surface area (Å²) < 4.78 is 0. The van der Waals surface area contributed by atoms with Gasteiger partial charge in [-0.1, -0.05) is 23.7 Å². The Morgan fingerprint density at radius 3 is 2.53 bits per heavy atom. The highest BCUT2D eigenvalue weighted by molar-refractivity contribution is 7.13. The standard InChI is InChI=1S/C25H16ClN5O2S/c26-18-6-4-15(5-7-18)22-28-13-20(24(33)31-22)23(32)29-19-3-1-2-17(12-19)21-14-34-25(30-21)16-8-10-27-11-9-16/h1-14H,(H,29,32)(H,28,31,33). The fourth-order valence-electron chi connectivity index (χ4n) is 3.30. The van der Waals surface area contributed by atoms with Crippen molar-refractivity contribution in [2.75, 3.05) is 5.32 Å². The maximum absolute atomic E-state index is 12.8. The number of H-pyrrole nitrogens is 1. The first-order chi connectivity index (χ1) is 16.6. The number of anilines is 1. The molecule has 0 aliphatic heterocycles. The lowest BCUT2D eigenvalue weighted by Gasteiger charge is -2.07. The van der Waals surface area contributed by atoms with Gasteiger partial charge in [0, 0.05) is 51.4 Å². The van der Waals surface area contributed by atoms with Crippen LogP contribution in [0.2, 0.25) is 5.02 Å². The summed E-state index contributed by atoms with van der Waals surface area (Å²) in [6.45, 7) is 0. The van der Waals surface area contributed by atoms with Gasteiger partial charge in [-0.05, 0) is 48.5 Å². The van der Waals surface area contributed by atoms with Gasteiger partial charge in [0.25, 0.3) is 11.5 Å². The third kappa shape index (κ3) is 4.63. The Morgan fingerprint density at radius 2 is 1.76 bits per heavy atom. The highest BCUT2D eigenvalue weighted by atomic mass is 35.5. The van der Waals surface area contributed by atoms with Crippen molar-refractivity contribution < 1.29 is 4.79 Å². The normalized spacial score (nSPS) is 10.7. The molecule has 1 amide bonds. The molecule has 0 saturated heterocycles. The number of amides is 1. The Kier molecular flexibility index (Phi) is 5.99. The zero-order valence-corrected chi connectivity index (χ0v) is 19.1. The number of nitrogens with one attached hydrogen (secondary N) is 2. The van der Waals surface area contributed by atoms with E-state index in [9.17, 15) is 9.59 Å². The highest BCUT2D eigenvalue weighted by Gasteiger charge is 2.14. The van der Waals surface area contributed by atoms with E-state index in [1.165, 1.54) is 17.5 Å². The van der Waals surface area contributed by atoms with Crippen LogP contribution in [0.1, 0.15) is 10.4 Å². The van der Waals surface area contributed by atoms with Crippen molar-refractivity contribution in [2.24, 2.45) is 0 Å². The fraction of sp³-hybridized carbons (Fsp3) is 0. The van der Waals surface area contributed by atoms with E-state index in [1.807, 2.05) is 35.7 Å². The van der Waals surface area contributed by atoms with E-state index in [0.29, 0.717) is 22.1 Å². The van der Waals surface area contributed by atoms with Crippen molar-refractivity contribution in [1.29, 1.82) is 0 Å². The first kappa shape index (κ1) is 21.7. The summed E-state index contributed by atoms with van der Waals surface area (Å²) >= 11 is 7.43. The number of carbonyl (C=O) groups is 1. The number of nitrogens with zero attached hydrogens (tertiary/aromatic N) is 3. The van der Waals surface area contributed by atoms with E-state index in [1.54, 1.807) is 42.7 Å². The summed E-state index contributed by atoms with van der Waals surface area (Å²) in [6.07, 6.45) is 4.72. The van der Waals surface area contributed by atoms with E-state index >= 15 is 0 Å². The Morgan fingerprint density at radius 1 is 0.971 bits per heavy atom. The number of carbonyl (C=O) groups excluding carboxylic acids is 1. The average Bonchev–Trinajstić information content (AvgIpc) is 3.36. The van der Waals surface area contributed by atoms with Gasteiger partial charge in [0.1, 0.15) is 16.4 Å². The molecule has 0 saturated carbocycles. The van der Waals surface area contributed by atoms with Crippen molar-refractivity contribution in [2.45, 2.75) is 0 Å². The number of hydrogen-bond donors (Lipinski definition) is 2. The highest BCUT2D eigenvalue weighted by Crippen LogP contribution is 2.29. The molecule has 0 spiro atoms. The quantitative estimate of drug-likeness (QED) is 0.341. The summed E-state index contributed by atoms with van der Waals surface area (Å²) in [4.78, 5) is 40.9. The minimum atomic E-state index is -0.552. The molecule has 34 heavy (non-hydrogen) atoms. The van der Waals surface area contributed by atoms with Crippen molar-refractivity contribution in [3.63, 3.8) is 0 Å². The van der Waals surface area contributed by atoms with Crippen LogP contribution in [0.3, 0.4) is 0 Å². The second kappa shape index (κ2) is 9.38. The lowest BCUT2D eigenvalue weighted by atomic mass is 10.1. The van der Waals surface area contributed by atoms with Crippen LogP contribution in [-0.4, -0.2) is 25.8 Å². The average molecular weight is 486 g/mol. The van der Waals surface area contributed by atoms with Gasteiger partial charge in [-0.25, -0.2) is 9.97 Å². The van der Waals surface area contributed by atoms with Gasteiger partial charge in [-0.3, -0.25) is 14.6 Å². The molecule has 3 heterocycles. The SMILES string of the molecule is O=C(Nc1cccc(-c2csc(-c3ccncc3)n2)c1)c1cnc(-c2ccc(Cl)cc2)[nH]c1=O. The molecular weight excluding hydrogens is 470 g/mol. The van der Waals surface area contributed by atoms with Crippen LogP contribution in [0.5, 0.6) is 0 Å². The summed E-state index contributed by atoms with van der Waals surface area (Å²) in [5, 5.41) is 6.18. The molecule has 5 rings (SSSR count). The van der Waals surface area contributed by atoms with E-state index in [4.69, 9.17) is 16.6 Å². The Labute approximate surface area is 203 Å². The molecule has 166 valence electrons. The third-order valence-electron chi connectivity index (χ3n) is 5.01. The van der Waals surface area contributed by atoms with Crippen LogP contribution in [-0.2, 0) is 0 Å². The first-order valence-electron chi connectivity index (χ1n) is 10.2. The van der Waals surface area contributed by atoms with Crippen molar-refractivity contribution in [3.05, 3.63) is 106 Å². The fourth-order valence-corrected chi connectivity index (χ4v) is 4.26. The number of halogens is 1. The number of rotatable bonds is 5. The Balaban J connectivity index is 1.35. The second-order valence-electron chi connectivity index (χ2n) is 7.29. The number of aromatic nitrogens is 4. The minimum absolute atomic E-state index is 0.0863. The van der Waals surface area contributed by atoms with E-state index in [2.05, 4.69) is 20.3 Å². The predicted octanol–water partition coefficient (Wildman–Crippen LogP) is 5.53. The van der Waals surface area contributed by atoms with Gasteiger partial charge in [0.15, 0.2) is 0 Å². The summed E-state index contributed by atoms with van der Waals surface area (Å²) in [5.74, 6) is -0.196. The van der Waals surface area contributed by atoms with Gasteiger partial charge >= 0.3 is 0 Å². The lowest BCUT2D eigenvalue weighted by molar-refractivity contribution is 0.102. The molecule has 0 radical (unpaired) electrons. The zero-order chi connectivity index (χ0) is 23.5. The van der Waals surface area contributed by atoms with Crippen molar-refractivity contribution in [3.8, 4) is 33.2 Å². The van der Waals surface area contributed by atoms with Crippen molar-refractivity contribution >= 4 is 34.5 Å². The zero-order valence-electron chi connectivity index (χ0n) is 17.5. The van der Waals surface area contributed by atoms with Crippen LogP contribution >= 0.6 is 22.9 Å². The van der Waals surface area contributed by atoms with Gasteiger partial charge in [0.05, 0.1) is 5.69 Å². The van der Waals surface area contributed by atoms with Crippen molar-refractivity contribution in [1.82, 2.24) is 19.9 Å². The third-order valence-corrected chi connectivity index (χ3v) is 6.15. The summed E-state index contributed by atoms with van der Waals surface area (Å²) in [5.41, 5.74) is 3.24. The molecular formula is C25H16ClN5O2S. The molecule has 7 nitrogen and oxygen atoms in total. The number of benzene rings is 2. The first-order valence-corrected chi connectivity index (χ1v) is 11.5. The monoisotopic (exact) mass is 485 g/mol.